The summed E-state index contributed by atoms with van der Waals surface area (Å²) in [6.45, 7) is 9.99. The monoisotopic (exact) mass is 563 g/mol. The number of benzene rings is 2. The Morgan fingerprint density at radius 2 is 1.87 bits per heavy atom. The number of hydrogen-bond donors (Lipinski definition) is 2. The van der Waals surface area contributed by atoms with Crippen molar-refractivity contribution in [2.75, 3.05) is 11.9 Å². The maximum atomic E-state index is 12.8. The second-order valence-corrected chi connectivity index (χ2v) is 16.6. The van der Waals surface area contributed by atoms with E-state index in [9.17, 15) is 4.79 Å². The quantitative estimate of drug-likeness (QED) is 0.148. The smallest absolute Gasteiger partial charge is 0.254 e. The summed E-state index contributed by atoms with van der Waals surface area (Å²) in [5, 5.41) is 8.67. The lowest BCUT2D eigenvalue weighted by atomic mass is 10.0. The molecule has 0 spiro atoms. The fourth-order valence-corrected chi connectivity index (χ4v) is 4.73. The fraction of sp³-hybridized carbons (Fsp3) is 0.276. The number of halogens is 1. The lowest BCUT2D eigenvalue weighted by Gasteiger charge is -2.16. The minimum atomic E-state index is -1.27. The summed E-state index contributed by atoms with van der Waals surface area (Å²) in [7, 11) is -1.27. The molecule has 4 aromatic rings. The van der Waals surface area contributed by atoms with E-state index in [0.717, 1.165) is 17.2 Å². The highest BCUT2D eigenvalue weighted by Crippen LogP contribution is 2.34. The van der Waals surface area contributed by atoms with E-state index >= 15 is 0 Å². The summed E-state index contributed by atoms with van der Waals surface area (Å²) in [6.07, 6.45) is 1.67. The first-order valence-corrected chi connectivity index (χ1v) is 16.8. The van der Waals surface area contributed by atoms with Gasteiger partial charge in [0.15, 0.2) is 0 Å². The van der Waals surface area contributed by atoms with Crippen molar-refractivity contribution in [1.29, 1.82) is 0 Å². The van der Waals surface area contributed by atoms with Gasteiger partial charge in [-0.05, 0) is 54.4 Å². The molecule has 2 heterocycles. The Kier molecular flexibility index (Phi) is 9.06. The highest BCUT2D eigenvalue weighted by atomic mass is 35.5. The van der Waals surface area contributed by atoms with Crippen molar-refractivity contribution in [3.63, 3.8) is 0 Å². The molecule has 8 nitrogen and oxygen atoms in total. The Morgan fingerprint density at radius 3 is 2.54 bits per heavy atom. The minimum Gasteiger partial charge on any atom is -0.489 e. The normalized spacial score (nSPS) is 11.4. The van der Waals surface area contributed by atoms with Crippen molar-refractivity contribution in [1.82, 2.24) is 14.8 Å². The molecule has 39 heavy (non-hydrogen) atoms. The van der Waals surface area contributed by atoms with Crippen LogP contribution in [0.1, 0.15) is 21.5 Å². The van der Waals surface area contributed by atoms with E-state index in [1.54, 1.807) is 10.9 Å². The molecule has 0 aliphatic rings. The van der Waals surface area contributed by atoms with E-state index < -0.39 is 14.0 Å². The first-order valence-electron chi connectivity index (χ1n) is 12.8. The van der Waals surface area contributed by atoms with Crippen molar-refractivity contribution < 1.29 is 14.3 Å². The van der Waals surface area contributed by atoms with Gasteiger partial charge in [-0.15, -0.1) is 0 Å². The fourth-order valence-electron chi connectivity index (χ4n) is 3.85. The van der Waals surface area contributed by atoms with E-state index in [4.69, 9.17) is 31.9 Å². The van der Waals surface area contributed by atoms with Gasteiger partial charge in [-0.2, -0.15) is 5.10 Å². The van der Waals surface area contributed by atoms with Gasteiger partial charge >= 0.3 is 0 Å². The van der Waals surface area contributed by atoms with Gasteiger partial charge in [-0.1, -0.05) is 61.6 Å². The van der Waals surface area contributed by atoms with Crippen molar-refractivity contribution in [2.45, 2.75) is 45.9 Å². The number of amides is 1. The molecule has 0 radical (unpaired) electrons. The molecule has 3 N–H and O–H groups in total. The number of nitrogens with zero attached hydrogens (tertiary/aromatic N) is 3. The molecule has 0 fully saturated rings. The number of primary amides is 1. The minimum absolute atomic E-state index is 0.158. The Hall–Kier alpha value is -3.66. The number of nitrogens with two attached hydrogens (primary N) is 1. The number of rotatable bonds is 12. The molecule has 0 aliphatic carbocycles. The van der Waals surface area contributed by atoms with Crippen LogP contribution in [0.4, 0.5) is 11.6 Å². The van der Waals surface area contributed by atoms with Crippen LogP contribution in [-0.2, 0) is 18.1 Å². The molecule has 0 saturated heterocycles. The van der Waals surface area contributed by atoms with E-state index in [0.29, 0.717) is 46.9 Å². The van der Waals surface area contributed by atoms with Crippen LogP contribution in [0.15, 0.2) is 66.9 Å². The average molecular weight is 564 g/mol. The number of pyridine rings is 1. The van der Waals surface area contributed by atoms with Gasteiger partial charge < -0.3 is 20.5 Å². The average Bonchev–Trinajstić information content (AvgIpc) is 3.25. The summed E-state index contributed by atoms with van der Waals surface area (Å²) in [5.74, 6) is 1.05. The van der Waals surface area contributed by atoms with Crippen LogP contribution in [0.5, 0.6) is 5.75 Å². The molecule has 0 aliphatic heterocycles. The van der Waals surface area contributed by atoms with E-state index in [2.05, 4.69) is 29.9 Å². The summed E-state index contributed by atoms with van der Waals surface area (Å²) in [5.41, 5.74) is 9.25. The molecule has 10 heteroatoms. The van der Waals surface area contributed by atoms with Crippen molar-refractivity contribution in [3.8, 4) is 17.0 Å². The largest absolute Gasteiger partial charge is 0.489 e. The standard InChI is InChI=1S/C29H34ClN5O3Si/c1-20-8-11-22(17-24(20)38-18-21-9-12-23(30)13-10-21)27-26(28(31)36)29(33-25-7-5-6-14-32-25)35(34-27)19-37-15-16-39(2,3)4/h5-14,17H,15-16,18-19H2,1-4H3,(H2,31,36)(H,32,33). The van der Waals surface area contributed by atoms with Crippen molar-refractivity contribution in [2.24, 2.45) is 5.73 Å². The predicted molar refractivity (Wildman–Crippen MR) is 158 cm³/mol. The van der Waals surface area contributed by atoms with E-state index in [-0.39, 0.29) is 12.3 Å². The second kappa shape index (κ2) is 12.5. The van der Waals surface area contributed by atoms with Crippen LogP contribution in [0, 0.1) is 6.92 Å². The lowest BCUT2D eigenvalue weighted by molar-refractivity contribution is 0.0802. The Balaban J connectivity index is 1.68. The van der Waals surface area contributed by atoms with Crippen LogP contribution in [0.2, 0.25) is 30.7 Å². The number of carbonyl (C=O) groups excluding carboxylic acids is 1. The third-order valence-electron chi connectivity index (χ3n) is 6.09. The van der Waals surface area contributed by atoms with Gasteiger partial charge in [-0.3, -0.25) is 4.79 Å². The highest BCUT2D eigenvalue weighted by molar-refractivity contribution is 6.76. The zero-order valence-corrected chi connectivity index (χ0v) is 24.5. The summed E-state index contributed by atoms with van der Waals surface area (Å²) in [6, 6.07) is 19.7. The molecule has 4 rings (SSSR count). The van der Waals surface area contributed by atoms with Crippen LogP contribution >= 0.6 is 11.6 Å². The Labute approximate surface area is 235 Å². The van der Waals surface area contributed by atoms with Gasteiger partial charge in [0.2, 0.25) is 0 Å². The van der Waals surface area contributed by atoms with Crippen molar-refractivity contribution in [3.05, 3.63) is 88.6 Å². The number of aromatic nitrogens is 3. The Morgan fingerprint density at radius 1 is 1.10 bits per heavy atom. The third-order valence-corrected chi connectivity index (χ3v) is 8.05. The number of nitrogens with one attached hydrogen (secondary N) is 1. The maximum absolute atomic E-state index is 12.8. The number of ether oxygens (including phenoxy) is 2. The molecular weight excluding hydrogens is 530 g/mol. The van der Waals surface area contributed by atoms with E-state index in [1.165, 1.54) is 0 Å². The van der Waals surface area contributed by atoms with E-state index in [1.807, 2.05) is 67.6 Å². The molecule has 1 amide bonds. The molecule has 204 valence electrons. The first kappa shape index (κ1) is 28.3. The van der Waals surface area contributed by atoms with Gasteiger partial charge in [0, 0.05) is 31.5 Å². The molecule has 0 bridgehead atoms. The van der Waals surface area contributed by atoms with Gasteiger partial charge in [0.25, 0.3) is 5.91 Å². The molecule has 0 unspecified atom stereocenters. The van der Waals surface area contributed by atoms with Gasteiger partial charge in [0.1, 0.15) is 42.0 Å². The predicted octanol–water partition coefficient (Wildman–Crippen LogP) is 6.64. The third kappa shape index (κ3) is 7.69. The van der Waals surface area contributed by atoms with Crippen molar-refractivity contribution >= 4 is 37.2 Å². The molecule has 0 saturated carbocycles. The number of aryl methyl sites for hydroxylation is 1. The van der Waals surface area contributed by atoms with Gasteiger partial charge in [0.05, 0.1) is 0 Å². The molecule has 2 aromatic carbocycles. The van der Waals surface area contributed by atoms with Crippen LogP contribution in [0.25, 0.3) is 11.3 Å². The first-order chi connectivity index (χ1) is 18.6. The summed E-state index contributed by atoms with van der Waals surface area (Å²) < 4.78 is 13.7. The second-order valence-electron chi connectivity index (χ2n) is 10.5. The number of anilines is 2. The molecular formula is C29H34ClN5O3Si. The zero-order chi connectivity index (χ0) is 28.0. The topological polar surface area (TPSA) is 104 Å². The number of carbonyl (C=O) groups is 1. The zero-order valence-electron chi connectivity index (χ0n) is 22.7. The SMILES string of the molecule is Cc1ccc(-c2nn(COCC[Si](C)(C)C)c(Nc3ccccn3)c2C(N)=O)cc1OCc1ccc(Cl)cc1. The molecule has 0 atom stereocenters. The maximum Gasteiger partial charge on any atom is 0.254 e. The molecule has 2 aromatic heterocycles. The van der Waals surface area contributed by atoms with Crippen LogP contribution < -0.4 is 15.8 Å². The number of hydrogen-bond acceptors (Lipinski definition) is 6. The summed E-state index contributed by atoms with van der Waals surface area (Å²) >= 11 is 6.00. The Bertz CT molecular complexity index is 1420. The van der Waals surface area contributed by atoms with Crippen LogP contribution in [-0.4, -0.2) is 35.4 Å². The lowest BCUT2D eigenvalue weighted by Crippen LogP contribution is -2.22. The summed E-state index contributed by atoms with van der Waals surface area (Å²) in [4.78, 5) is 17.1. The highest BCUT2D eigenvalue weighted by Gasteiger charge is 2.25. The van der Waals surface area contributed by atoms with Crippen LogP contribution in [0.3, 0.4) is 0 Å². The van der Waals surface area contributed by atoms with Gasteiger partial charge in [-0.25, -0.2) is 9.67 Å².